The van der Waals surface area contributed by atoms with Crippen LogP contribution in [0.5, 0.6) is 0 Å². The number of para-hydroxylation sites is 1. The average Bonchev–Trinajstić information content (AvgIpc) is 3.25. The number of urea groups is 1. The van der Waals surface area contributed by atoms with Gasteiger partial charge in [0.25, 0.3) is 5.91 Å². The molecule has 0 aliphatic carbocycles. The molecule has 1 aromatic heterocycles. The first-order valence-corrected chi connectivity index (χ1v) is 9.59. The van der Waals surface area contributed by atoms with Crippen molar-refractivity contribution >= 4 is 28.7 Å². The number of fused-ring (bicyclic) bond motifs is 1. The highest BCUT2D eigenvalue weighted by Crippen LogP contribution is 2.18. The maximum Gasteiger partial charge on any atom is 0.325 e. The van der Waals surface area contributed by atoms with Crippen LogP contribution >= 0.6 is 0 Å². The Labute approximate surface area is 168 Å². The van der Waals surface area contributed by atoms with Gasteiger partial charge in [-0.15, -0.1) is 0 Å². The number of carbonyl (C=O) groups excluding carboxylic acids is 3. The maximum absolute atomic E-state index is 12.5. The molecule has 7 heteroatoms. The van der Waals surface area contributed by atoms with Crippen LogP contribution in [0.2, 0.25) is 0 Å². The van der Waals surface area contributed by atoms with Gasteiger partial charge in [0, 0.05) is 23.6 Å². The molecule has 148 valence electrons. The lowest BCUT2D eigenvalue weighted by molar-refractivity contribution is -0.131. The van der Waals surface area contributed by atoms with Crippen LogP contribution < -0.4 is 10.6 Å². The van der Waals surface area contributed by atoms with Gasteiger partial charge in [-0.2, -0.15) is 0 Å². The van der Waals surface area contributed by atoms with Crippen molar-refractivity contribution in [2.24, 2.45) is 0 Å². The number of nitrogens with zero attached hydrogens (tertiary/aromatic N) is 1. The fraction of sp³-hybridized carbons (Fsp3) is 0.227. The van der Waals surface area contributed by atoms with Gasteiger partial charge in [0.2, 0.25) is 5.91 Å². The summed E-state index contributed by atoms with van der Waals surface area (Å²) in [6.45, 7) is 0.660. The minimum absolute atomic E-state index is 0.0657. The van der Waals surface area contributed by atoms with Gasteiger partial charge in [-0.25, -0.2) is 4.79 Å². The molecular weight excluding hydrogens is 368 g/mol. The molecule has 0 radical (unpaired) electrons. The van der Waals surface area contributed by atoms with Gasteiger partial charge >= 0.3 is 6.03 Å². The van der Waals surface area contributed by atoms with E-state index in [1.165, 1.54) is 0 Å². The van der Waals surface area contributed by atoms with Crippen LogP contribution in [-0.4, -0.2) is 40.3 Å². The van der Waals surface area contributed by atoms with Crippen molar-refractivity contribution < 1.29 is 14.4 Å². The molecule has 3 aromatic rings. The third kappa shape index (κ3) is 4.13. The summed E-state index contributed by atoms with van der Waals surface area (Å²) in [6.07, 6.45) is 2.56. The monoisotopic (exact) mass is 390 g/mol. The molecule has 1 unspecified atom stereocenters. The van der Waals surface area contributed by atoms with Crippen LogP contribution in [0.1, 0.15) is 17.5 Å². The number of hydrogen-bond acceptors (Lipinski definition) is 3. The summed E-state index contributed by atoms with van der Waals surface area (Å²) in [6, 6.07) is 16.0. The van der Waals surface area contributed by atoms with E-state index in [0.717, 1.165) is 26.9 Å². The second-order valence-corrected chi connectivity index (χ2v) is 7.08. The molecule has 2 heterocycles. The second kappa shape index (κ2) is 8.18. The number of imide groups is 1. The van der Waals surface area contributed by atoms with Gasteiger partial charge in [-0.05, 0) is 23.6 Å². The first-order valence-electron chi connectivity index (χ1n) is 9.59. The van der Waals surface area contributed by atoms with Crippen LogP contribution in [0, 0.1) is 0 Å². The van der Waals surface area contributed by atoms with E-state index in [0.29, 0.717) is 13.0 Å². The first kappa shape index (κ1) is 18.7. The Morgan fingerprint density at radius 1 is 1.03 bits per heavy atom. The van der Waals surface area contributed by atoms with Crippen molar-refractivity contribution in [2.45, 2.75) is 25.4 Å². The number of aromatic amines is 1. The van der Waals surface area contributed by atoms with Crippen LogP contribution in [0.3, 0.4) is 0 Å². The van der Waals surface area contributed by atoms with E-state index < -0.39 is 12.1 Å². The Kier molecular flexibility index (Phi) is 5.29. The largest absolute Gasteiger partial charge is 0.361 e. The molecule has 29 heavy (non-hydrogen) atoms. The molecule has 1 fully saturated rings. The highest BCUT2D eigenvalue weighted by Gasteiger charge is 2.38. The number of amides is 4. The molecule has 1 saturated heterocycles. The van der Waals surface area contributed by atoms with Crippen molar-refractivity contribution in [1.82, 2.24) is 20.5 Å². The lowest BCUT2D eigenvalue weighted by Crippen LogP contribution is -2.37. The second-order valence-electron chi connectivity index (χ2n) is 7.08. The summed E-state index contributed by atoms with van der Waals surface area (Å²) in [5, 5.41) is 6.58. The summed E-state index contributed by atoms with van der Waals surface area (Å²) >= 11 is 0. The maximum atomic E-state index is 12.5. The van der Waals surface area contributed by atoms with Crippen molar-refractivity contribution in [2.75, 3.05) is 6.54 Å². The summed E-state index contributed by atoms with van der Waals surface area (Å²) in [7, 11) is 0. The van der Waals surface area contributed by atoms with Crippen LogP contribution in [-0.2, 0) is 22.6 Å². The molecule has 4 rings (SSSR count). The van der Waals surface area contributed by atoms with Gasteiger partial charge in [-0.3, -0.25) is 14.5 Å². The minimum Gasteiger partial charge on any atom is -0.361 e. The zero-order chi connectivity index (χ0) is 20.2. The SMILES string of the molecule is O=C(CC1NC(=O)N(Cc2ccccc2)C1=O)NCCc1c[nH]c2ccccc12. The molecule has 1 aliphatic heterocycles. The van der Waals surface area contributed by atoms with Crippen LogP contribution in [0.4, 0.5) is 4.79 Å². The Balaban J connectivity index is 1.28. The molecule has 0 saturated carbocycles. The van der Waals surface area contributed by atoms with Crippen molar-refractivity contribution in [1.29, 1.82) is 0 Å². The quantitative estimate of drug-likeness (QED) is 0.541. The lowest BCUT2D eigenvalue weighted by Gasteiger charge is -2.13. The molecule has 4 amide bonds. The van der Waals surface area contributed by atoms with Gasteiger partial charge in [0.1, 0.15) is 6.04 Å². The number of benzene rings is 2. The summed E-state index contributed by atoms with van der Waals surface area (Å²) in [5.41, 5.74) is 3.05. The smallest absolute Gasteiger partial charge is 0.325 e. The summed E-state index contributed by atoms with van der Waals surface area (Å²) in [5.74, 6) is -0.629. The van der Waals surface area contributed by atoms with Gasteiger partial charge in [0.05, 0.1) is 13.0 Å². The van der Waals surface area contributed by atoms with Gasteiger partial charge < -0.3 is 15.6 Å². The molecule has 1 atom stereocenters. The van der Waals surface area contributed by atoms with Gasteiger partial charge in [0.15, 0.2) is 0 Å². The molecular formula is C22H22N4O3. The van der Waals surface area contributed by atoms with E-state index in [9.17, 15) is 14.4 Å². The van der Waals surface area contributed by atoms with Crippen molar-refractivity contribution in [3.05, 3.63) is 71.9 Å². The highest BCUT2D eigenvalue weighted by molar-refractivity contribution is 6.05. The number of hydrogen-bond donors (Lipinski definition) is 3. The van der Waals surface area contributed by atoms with Crippen molar-refractivity contribution in [3.8, 4) is 0 Å². The Hall–Kier alpha value is -3.61. The zero-order valence-corrected chi connectivity index (χ0v) is 15.9. The van der Waals surface area contributed by atoms with Crippen LogP contribution in [0.25, 0.3) is 10.9 Å². The number of nitrogens with one attached hydrogen (secondary N) is 3. The third-order valence-corrected chi connectivity index (χ3v) is 5.07. The van der Waals surface area contributed by atoms with Crippen molar-refractivity contribution in [3.63, 3.8) is 0 Å². The fourth-order valence-corrected chi connectivity index (χ4v) is 3.56. The first-order chi connectivity index (χ1) is 14.1. The number of aromatic nitrogens is 1. The van der Waals surface area contributed by atoms with Crippen LogP contribution in [0.15, 0.2) is 60.8 Å². The number of H-pyrrole nitrogens is 1. The van der Waals surface area contributed by atoms with E-state index in [1.54, 1.807) is 0 Å². The average molecular weight is 390 g/mol. The topological polar surface area (TPSA) is 94.3 Å². The summed E-state index contributed by atoms with van der Waals surface area (Å²) in [4.78, 5) is 41.3. The number of carbonyl (C=O) groups is 3. The van der Waals surface area contributed by atoms with E-state index in [-0.39, 0.29) is 24.8 Å². The lowest BCUT2D eigenvalue weighted by atomic mass is 10.1. The highest BCUT2D eigenvalue weighted by atomic mass is 16.2. The molecule has 7 nitrogen and oxygen atoms in total. The number of rotatable bonds is 7. The normalized spacial score (nSPS) is 16.3. The molecule has 0 bridgehead atoms. The van der Waals surface area contributed by atoms with E-state index in [4.69, 9.17) is 0 Å². The van der Waals surface area contributed by atoms with E-state index >= 15 is 0 Å². The molecule has 3 N–H and O–H groups in total. The zero-order valence-electron chi connectivity index (χ0n) is 15.9. The predicted molar refractivity (Wildman–Crippen MR) is 109 cm³/mol. The standard InChI is InChI=1S/C22H22N4O3/c27-20(23-11-10-16-13-24-18-9-5-4-8-17(16)18)12-19-21(28)26(22(29)25-19)14-15-6-2-1-3-7-15/h1-9,13,19,24H,10-12,14H2,(H,23,27)(H,25,29). The fourth-order valence-electron chi connectivity index (χ4n) is 3.56. The van der Waals surface area contributed by atoms with E-state index in [1.807, 2.05) is 60.8 Å². The Bertz CT molecular complexity index is 1040. The molecule has 2 aromatic carbocycles. The Morgan fingerprint density at radius 2 is 1.79 bits per heavy atom. The third-order valence-electron chi connectivity index (χ3n) is 5.07. The summed E-state index contributed by atoms with van der Waals surface area (Å²) < 4.78 is 0. The molecule has 0 spiro atoms. The molecule has 1 aliphatic rings. The predicted octanol–water partition coefficient (Wildman–Crippen LogP) is 2.34. The van der Waals surface area contributed by atoms with Gasteiger partial charge in [-0.1, -0.05) is 48.5 Å². The Morgan fingerprint density at radius 3 is 2.62 bits per heavy atom. The minimum atomic E-state index is -0.820. The van der Waals surface area contributed by atoms with E-state index in [2.05, 4.69) is 15.6 Å².